The van der Waals surface area contributed by atoms with E-state index in [1.54, 1.807) is 0 Å². The molecule has 5 heteroatoms. The fraction of sp³-hybridized carbons (Fsp3) is 0.632. The fourth-order valence-electron chi connectivity index (χ4n) is 2.85. The fourth-order valence-corrected chi connectivity index (χ4v) is 2.85. The average molecular weight is 334 g/mol. The predicted molar refractivity (Wildman–Crippen MR) is 95.2 cm³/mol. The number of likely N-dealkylation sites (tertiary alicyclic amines) is 1. The standard InChI is InChI=1S/C19H30N2O3/c1-2-23-16-19(22)20-10-7-13-24-18-9-6-8-17(14-18)15-21-11-4-3-5-12-21/h6,8-9,14H,2-5,7,10-13,15-16H2,1H3,(H,20,22). The van der Waals surface area contributed by atoms with E-state index >= 15 is 0 Å². The van der Waals surface area contributed by atoms with E-state index in [1.165, 1.54) is 37.9 Å². The molecule has 1 amide bonds. The molecule has 0 bridgehead atoms. The van der Waals surface area contributed by atoms with Crippen LogP contribution in [0.1, 0.15) is 38.2 Å². The molecule has 1 aliphatic heterocycles. The summed E-state index contributed by atoms with van der Waals surface area (Å²) in [5, 5.41) is 2.82. The van der Waals surface area contributed by atoms with E-state index in [9.17, 15) is 4.79 Å². The van der Waals surface area contributed by atoms with Gasteiger partial charge in [0.25, 0.3) is 0 Å². The van der Waals surface area contributed by atoms with Gasteiger partial charge in [-0.1, -0.05) is 18.6 Å². The Kier molecular flexibility index (Phi) is 8.63. The van der Waals surface area contributed by atoms with Crippen molar-refractivity contribution < 1.29 is 14.3 Å². The lowest BCUT2D eigenvalue weighted by Crippen LogP contribution is -2.29. The van der Waals surface area contributed by atoms with Gasteiger partial charge in [0.15, 0.2) is 0 Å². The van der Waals surface area contributed by atoms with E-state index < -0.39 is 0 Å². The van der Waals surface area contributed by atoms with Crippen LogP contribution in [0.3, 0.4) is 0 Å². The van der Waals surface area contributed by atoms with Crippen molar-refractivity contribution in [2.24, 2.45) is 0 Å². The first-order valence-corrected chi connectivity index (χ1v) is 9.06. The lowest BCUT2D eigenvalue weighted by molar-refractivity contribution is -0.125. The number of amides is 1. The van der Waals surface area contributed by atoms with Crippen LogP contribution in [0, 0.1) is 0 Å². The molecule has 1 N–H and O–H groups in total. The third kappa shape index (κ3) is 7.32. The molecule has 1 aliphatic rings. The topological polar surface area (TPSA) is 50.8 Å². The van der Waals surface area contributed by atoms with Gasteiger partial charge in [-0.15, -0.1) is 0 Å². The molecule has 1 aromatic rings. The molecule has 0 aliphatic carbocycles. The second kappa shape index (κ2) is 11.0. The third-order valence-electron chi connectivity index (χ3n) is 4.10. The molecule has 2 rings (SSSR count). The van der Waals surface area contributed by atoms with Crippen LogP contribution in [-0.2, 0) is 16.1 Å². The van der Waals surface area contributed by atoms with Crippen LogP contribution in [0.2, 0.25) is 0 Å². The molecular formula is C19H30N2O3. The largest absolute Gasteiger partial charge is 0.494 e. The molecule has 0 aromatic heterocycles. The van der Waals surface area contributed by atoms with E-state index in [-0.39, 0.29) is 12.5 Å². The maximum atomic E-state index is 11.4. The van der Waals surface area contributed by atoms with Crippen molar-refractivity contribution in [1.29, 1.82) is 0 Å². The molecular weight excluding hydrogens is 304 g/mol. The quantitative estimate of drug-likeness (QED) is 0.668. The summed E-state index contributed by atoms with van der Waals surface area (Å²) in [6, 6.07) is 8.34. The Hall–Kier alpha value is -1.59. The van der Waals surface area contributed by atoms with Gasteiger partial charge in [0, 0.05) is 19.7 Å². The number of benzene rings is 1. The second-order valence-corrected chi connectivity index (χ2v) is 6.17. The van der Waals surface area contributed by atoms with Crippen molar-refractivity contribution in [3.63, 3.8) is 0 Å². The normalized spacial score (nSPS) is 15.2. The van der Waals surface area contributed by atoms with Gasteiger partial charge in [0.2, 0.25) is 5.91 Å². The number of nitrogens with zero attached hydrogens (tertiary/aromatic N) is 1. The van der Waals surface area contributed by atoms with E-state index in [2.05, 4.69) is 28.4 Å². The van der Waals surface area contributed by atoms with Gasteiger partial charge in [0.1, 0.15) is 12.4 Å². The number of hydrogen-bond donors (Lipinski definition) is 1. The van der Waals surface area contributed by atoms with Gasteiger partial charge in [0.05, 0.1) is 6.61 Å². The van der Waals surface area contributed by atoms with Gasteiger partial charge in [-0.25, -0.2) is 0 Å². The maximum absolute atomic E-state index is 11.4. The summed E-state index contributed by atoms with van der Waals surface area (Å²) in [4.78, 5) is 13.9. The van der Waals surface area contributed by atoms with Crippen molar-refractivity contribution >= 4 is 5.91 Å². The summed E-state index contributed by atoms with van der Waals surface area (Å²) in [6.45, 7) is 7.19. The van der Waals surface area contributed by atoms with Crippen molar-refractivity contribution in [1.82, 2.24) is 10.2 Å². The van der Waals surface area contributed by atoms with Gasteiger partial charge < -0.3 is 14.8 Å². The van der Waals surface area contributed by atoms with Crippen LogP contribution in [0.5, 0.6) is 5.75 Å². The first kappa shape index (κ1) is 18.7. The molecule has 0 radical (unpaired) electrons. The van der Waals surface area contributed by atoms with E-state index in [1.807, 2.05) is 13.0 Å². The smallest absolute Gasteiger partial charge is 0.245 e. The summed E-state index contributed by atoms with van der Waals surface area (Å²) in [7, 11) is 0. The SMILES string of the molecule is CCOCC(=O)NCCCOc1cccc(CN2CCCCC2)c1. The van der Waals surface area contributed by atoms with Crippen LogP contribution in [-0.4, -0.2) is 50.3 Å². The highest BCUT2D eigenvalue weighted by Crippen LogP contribution is 2.17. The molecule has 1 fully saturated rings. The Balaban J connectivity index is 1.64. The van der Waals surface area contributed by atoms with E-state index in [0.717, 1.165) is 18.7 Å². The minimum atomic E-state index is -0.0691. The second-order valence-electron chi connectivity index (χ2n) is 6.17. The Morgan fingerprint density at radius 1 is 1.25 bits per heavy atom. The molecule has 5 nitrogen and oxygen atoms in total. The summed E-state index contributed by atoms with van der Waals surface area (Å²) in [5.41, 5.74) is 1.31. The highest BCUT2D eigenvalue weighted by atomic mass is 16.5. The van der Waals surface area contributed by atoms with Crippen molar-refractivity contribution in [3.05, 3.63) is 29.8 Å². The number of nitrogens with one attached hydrogen (secondary N) is 1. The summed E-state index contributed by atoms with van der Waals surface area (Å²) >= 11 is 0. The molecule has 0 unspecified atom stereocenters. The Morgan fingerprint density at radius 3 is 2.88 bits per heavy atom. The number of hydrogen-bond acceptors (Lipinski definition) is 4. The minimum absolute atomic E-state index is 0.0691. The number of carbonyl (C=O) groups excluding carboxylic acids is 1. The Labute approximate surface area is 145 Å². The first-order valence-electron chi connectivity index (χ1n) is 9.06. The zero-order valence-corrected chi connectivity index (χ0v) is 14.8. The van der Waals surface area contributed by atoms with Gasteiger partial charge in [-0.3, -0.25) is 9.69 Å². The monoisotopic (exact) mass is 334 g/mol. The molecule has 1 heterocycles. The van der Waals surface area contributed by atoms with Gasteiger partial charge >= 0.3 is 0 Å². The molecule has 1 aromatic carbocycles. The van der Waals surface area contributed by atoms with Crippen LogP contribution in [0.25, 0.3) is 0 Å². The highest BCUT2D eigenvalue weighted by molar-refractivity contribution is 5.77. The number of piperidine rings is 1. The van der Waals surface area contributed by atoms with Crippen LogP contribution in [0.4, 0.5) is 0 Å². The van der Waals surface area contributed by atoms with Crippen LogP contribution >= 0.6 is 0 Å². The minimum Gasteiger partial charge on any atom is -0.494 e. The van der Waals surface area contributed by atoms with Crippen molar-refractivity contribution in [2.75, 3.05) is 39.5 Å². The average Bonchev–Trinajstić information content (AvgIpc) is 2.61. The molecule has 134 valence electrons. The van der Waals surface area contributed by atoms with Crippen LogP contribution in [0.15, 0.2) is 24.3 Å². The van der Waals surface area contributed by atoms with Crippen molar-refractivity contribution in [2.45, 2.75) is 39.2 Å². The third-order valence-corrected chi connectivity index (χ3v) is 4.10. The summed E-state index contributed by atoms with van der Waals surface area (Å²) < 4.78 is 10.8. The number of ether oxygens (including phenoxy) is 2. The Bertz CT molecular complexity index is 487. The summed E-state index contributed by atoms with van der Waals surface area (Å²) in [6.07, 6.45) is 4.77. The van der Waals surface area contributed by atoms with E-state index in [4.69, 9.17) is 9.47 Å². The summed E-state index contributed by atoms with van der Waals surface area (Å²) in [5.74, 6) is 0.838. The van der Waals surface area contributed by atoms with Crippen molar-refractivity contribution in [3.8, 4) is 5.75 Å². The van der Waals surface area contributed by atoms with Gasteiger partial charge in [-0.2, -0.15) is 0 Å². The highest BCUT2D eigenvalue weighted by Gasteiger charge is 2.10. The molecule has 24 heavy (non-hydrogen) atoms. The number of rotatable bonds is 10. The predicted octanol–water partition coefficient (Wildman–Crippen LogP) is 2.59. The zero-order chi connectivity index (χ0) is 17.0. The first-order chi connectivity index (χ1) is 11.8. The lowest BCUT2D eigenvalue weighted by Gasteiger charge is -2.26. The van der Waals surface area contributed by atoms with E-state index in [0.29, 0.717) is 19.8 Å². The van der Waals surface area contributed by atoms with Crippen LogP contribution < -0.4 is 10.1 Å². The molecule has 1 saturated heterocycles. The molecule has 0 spiro atoms. The maximum Gasteiger partial charge on any atom is 0.245 e. The van der Waals surface area contributed by atoms with Gasteiger partial charge in [-0.05, 0) is 57.0 Å². The zero-order valence-electron chi connectivity index (χ0n) is 14.8. The Morgan fingerprint density at radius 2 is 2.08 bits per heavy atom. The molecule has 0 atom stereocenters. The number of carbonyl (C=O) groups is 1. The lowest BCUT2D eigenvalue weighted by atomic mass is 10.1. The molecule has 0 saturated carbocycles.